The van der Waals surface area contributed by atoms with Gasteiger partial charge >= 0.3 is 5.97 Å². The summed E-state index contributed by atoms with van der Waals surface area (Å²) in [5.41, 5.74) is 4.57. The molecule has 3 atom stereocenters. The van der Waals surface area contributed by atoms with Crippen LogP contribution in [0.25, 0.3) is 0 Å². The van der Waals surface area contributed by atoms with Gasteiger partial charge < -0.3 is 15.6 Å². The number of carbonyl (C=O) groups is 1. The molecule has 2 fully saturated rings. The molecule has 4 nitrogen and oxygen atoms in total. The van der Waals surface area contributed by atoms with Gasteiger partial charge in [0.25, 0.3) is 0 Å². The average molecular weight is 215 g/mol. The predicted molar refractivity (Wildman–Crippen MR) is 57.6 cm³/mol. The van der Waals surface area contributed by atoms with Gasteiger partial charge in [-0.15, -0.1) is 0 Å². The maximum atomic E-state index is 9.24. The van der Waals surface area contributed by atoms with E-state index in [1.807, 2.05) is 0 Å². The third-order valence-corrected chi connectivity index (χ3v) is 3.04. The van der Waals surface area contributed by atoms with Crippen molar-refractivity contribution >= 4 is 5.97 Å². The molecule has 0 bridgehead atoms. The highest BCUT2D eigenvalue weighted by Crippen LogP contribution is 2.44. The lowest BCUT2D eigenvalue weighted by atomic mass is 10.0. The molecule has 1 saturated carbocycles. The van der Waals surface area contributed by atoms with E-state index in [2.05, 4.69) is 12.7 Å². The van der Waals surface area contributed by atoms with Crippen molar-refractivity contribution in [3.05, 3.63) is 0 Å². The summed E-state index contributed by atoms with van der Waals surface area (Å²) >= 11 is 0. The van der Waals surface area contributed by atoms with Gasteiger partial charge in [-0.2, -0.15) is 0 Å². The standard InChI is InChI=1S/C9H16O.C2H5NO2/c1-7-6-8(7)9-4-2-3-5-10-9;3-1-2(4)5/h7-9H,2-6H2,1H3;1,3H2,(H,4,5). The Morgan fingerprint density at radius 3 is 2.47 bits per heavy atom. The van der Waals surface area contributed by atoms with Crippen LogP contribution in [0.1, 0.15) is 32.6 Å². The van der Waals surface area contributed by atoms with Crippen LogP contribution in [0.3, 0.4) is 0 Å². The van der Waals surface area contributed by atoms with E-state index in [1.54, 1.807) is 0 Å². The lowest BCUT2D eigenvalue weighted by Gasteiger charge is -2.22. The zero-order valence-electron chi connectivity index (χ0n) is 9.32. The SMILES string of the molecule is CC1CC1C1CCCCO1.NCC(=O)O. The molecule has 2 aliphatic rings. The van der Waals surface area contributed by atoms with Crippen LogP contribution < -0.4 is 5.73 Å². The van der Waals surface area contributed by atoms with Crippen molar-refractivity contribution in [1.29, 1.82) is 0 Å². The molecular formula is C11H21NO3. The van der Waals surface area contributed by atoms with Gasteiger partial charge in [0, 0.05) is 6.61 Å². The topological polar surface area (TPSA) is 72.5 Å². The third kappa shape index (κ3) is 4.62. The van der Waals surface area contributed by atoms with Gasteiger partial charge in [-0.25, -0.2) is 0 Å². The highest BCUT2D eigenvalue weighted by atomic mass is 16.5. The number of rotatable bonds is 2. The van der Waals surface area contributed by atoms with Crippen LogP contribution in [0.2, 0.25) is 0 Å². The Bertz CT molecular complexity index is 202. The third-order valence-electron chi connectivity index (χ3n) is 3.04. The number of hydrogen-bond donors (Lipinski definition) is 2. The first-order chi connectivity index (χ1) is 7.15. The molecule has 1 aliphatic carbocycles. The molecule has 2 rings (SSSR count). The van der Waals surface area contributed by atoms with Gasteiger partial charge in [-0.3, -0.25) is 4.79 Å². The molecule has 1 aliphatic heterocycles. The van der Waals surface area contributed by atoms with Gasteiger partial charge in [0.2, 0.25) is 0 Å². The summed E-state index contributed by atoms with van der Waals surface area (Å²) in [6, 6.07) is 0. The molecule has 1 saturated heterocycles. The first-order valence-electron chi connectivity index (χ1n) is 5.68. The molecule has 88 valence electrons. The van der Waals surface area contributed by atoms with E-state index in [0.717, 1.165) is 18.4 Å². The maximum absolute atomic E-state index is 9.24. The van der Waals surface area contributed by atoms with Crippen LogP contribution in [0.4, 0.5) is 0 Å². The molecule has 0 aromatic rings. The van der Waals surface area contributed by atoms with E-state index in [0.29, 0.717) is 6.10 Å². The summed E-state index contributed by atoms with van der Waals surface area (Å²) in [4.78, 5) is 9.24. The second-order valence-electron chi connectivity index (χ2n) is 4.38. The Hall–Kier alpha value is -0.610. The van der Waals surface area contributed by atoms with Crippen molar-refractivity contribution in [2.45, 2.75) is 38.7 Å². The van der Waals surface area contributed by atoms with E-state index in [9.17, 15) is 4.79 Å². The molecule has 0 amide bonds. The van der Waals surface area contributed by atoms with Crippen LogP contribution in [0.15, 0.2) is 0 Å². The summed E-state index contributed by atoms with van der Waals surface area (Å²) in [5.74, 6) is 0.924. The van der Waals surface area contributed by atoms with Crippen molar-refractivity contribution in [3.63, 3.8) is 0 Å². The summed E-state index contributed by atoms with van der Waals surface area (Å²) in [7, 11) is 0. The number of ether oxygens (including phenoxy) is 1. The van der Waals surface area contributed by atoms with Crippen molar-refractivity contribution in [2.24, 2.45) is 17.6 Å². The van der Waals surface area contributed by atoms with Gasteiger partial charge in [-0.05, 0) is 37.5 Å². The molecular weight excluding hydrogens is 194 g/mol. The van der Waals surface area contributed by atoms with E-state index >= 15 is 0 Å². The van der Waals surface area contributed by atoms with E-state index in [4.69, 9.17) is 9.84 Å². The second kappa shape index (κ2) is 6.08. The van der Waals surface area contributed by atoms with Crippen LogP contribution in [-0.2, 0) is 9.53 Å². The highest BCUT2D eigenvalue weighted by molar-refractivity contribution is 5.68. The Kier molecular flexibility index (Phi) is 5.05. The second-order valence-corrected chi connectivity index (χ2v) is 4.38. The molecule has 0 radical (unpaired) electrons. The van der Waals surface area contributed by atoms with Crippen molar-refractivity contribution in [1.82, 2.24) is 0 Å². The summed E-state index contributed by atoms with van der Waals surface area (Å²) in [5, 5.41) is 7.60. The van der Waals surface area contributed by atoms with Crippen LogP contribution >= 0.6 is 0 Å². The summed E-state index contributed by atoms with van der Waals surface area (Å²) in [6.07, 6.45) is 6.08. The molecule has 0 spiro atoms. The Morgan fingerprint density at radius 1 is 1.53 bits per heavy atom. The fraction of sp³-hybridized carbons (Fsp3) is 0.909. The number of carboxylic acids is 1. The molecule has 15 heavy (non-hydrogen) atoms. The molecule has 0 aromatic carbocycles. The van der Waals surface area contributed by atoms with Crippen molar-refractivity contribution in [2.75, 3.05) is 13.2 Å². The fourth-order valence-corrected chi connectivity index (χ4v) is 1.97. The Balaban J connectivity index is 0.000000195. The van der Waals surface area contributed by atoms with E-state index in [-0.39, 0.29) is 6.54 Å². The van der Waals surface area contributed by atoms with Crippen molar-refractivity contribution in [3.8, 4) is 0 Å². The number of aliphatic carboxylic acids is 1. The smallest absolute Gasteiger partial charge is 0.317 e. The average Bonchev–Trinajstić information content (AvgIpc) is 2.98. The predicted octanol–water partition coefficient (Wildman–Crippen LogP) is 1.24. The van der Waals surface area contributed by atoms with E-state index in [1.165, 1.54) is 25.7 Å². The lowest BCUT2D eigenvalue weighted by molar-refractivity contribution is -0.135. The maximum Gasteiger partial charge on any atom is 0.317 e. The van der Waals surface area contributed by atoms with Crippen LogP contribution in [-0.4, -0.2) is 30.3 Å². The molecule has 4 heteroatoms. The summed E-state index contributed by atoms with van der Waals surface area (Å²) in [6.45, 7) is 3.08. The zero-order valence-corrected chi connectivity index (χ0v) is 9.32. The first-order valence-corrected chi connectivity index (χ1v) is 5.68. The number of carboxylic acid groups (broad SMARTS) is 1. The van der Waals surface area contributed by atoms with Gasteiger partial charge in [-0.1, -0.05) is 6.92 Å². The minimum atomic E-state index is -0.968. The summed E-state index contributed by atoms with van der Waals surface area (Å²) < 4.78 is 5.67. The minimum absolute atomic E-state index is 0.278. The first kappa shape index (κ1) is 12.5. The van der Waals surface area contributed by atoms with Gasteiger partial charge in [0.1, 0.15) is 0 Å². The van der Waals surface area contributed by atoms with Crippen LogP contribution in [0, 0.1) is 11.8 Å². The number of nitrogens with two attached hydrogens (primary N) is 1. The van der Waals surface area contributed by atoms with Gasteiger partial charge in [0.05, 0.1) is 12.6 Å². The molecule has 1 heterocycles. The normalized spacial score (nSPS) is 33.9. The lowest BCUT2D eigenvalue weighted by Crippen LogP contribution is -2.21. The molecule has 3 N–H and O–H groups in total. The largest absolute Gasteiger partial charge is 0.480 e. The number of hydrogen-bond acceptors (Lipinski definition) is 3. The molecule has 0 aromatic heterocycles. The van der Waals surface area contributed by atoms with Crippen molar-refractivity contribution < 1.29 is 14.6 Å². The highest BCUT2D eigenvalue weighted by Gasteiger charge is 2.40. The van der Waals surface area contributed by atoms with E-state index < -0.39 is 5.97 Å². The Labute approximate surface area is 90.8 Å². The quantitative estimate of drug-likeness (QED) is 0.727. The zero-order chi connectivity index (χ0) is 11.3. The fourth-order valence-electron chi connectivity index (χ4n) is 1.97. The minimum Gasteiger partial charge on any atom is -0.480 e. The molecule has 3 unspecified atom stereocenters. The Morgan fingerprint density at radius 2 is 2.13 bits per heavy atom. The van der Waals surface area contributed by atoms with Crippen LogP contribution in [0.5, 0.6) is 0 Å². The van der Waals surface area contributed by atoms with Gasteiger partial charge in [0.15, 0.2) is 0 Å². The monoisotopic (exact) mass is 215 g/mol.